The number of hydrogen-bond acceptors (Lipinski definition) is 8. The van der Waals surface area contributed by atoms with Crippen LogP contribution < -0.4 is 10.2 Å². The molecule has 0 amide bonds. The second kappa shape index (κ2) is 19.8. The molecule has 2 N–H and O–H groups in total. The molecular formula is C30H48O6S2-2. The van der Waals surface area contributed by atoms with E-state index in [1.54, 1.807) is 29.6 Å². The number of thioether (sulfide) groups is 2. The average molecular weight is 569 g/mol. The van der Waals surface area contributed by atoms with Gasteiger partial charge in [0.15, 0.2) is 0 Å². The fourth-order valence-corrected chi connectivity index (χ4v) is 7.39. The summed E-state index contributed by atoms with van der Waals surface area (Å²) in [6, 6.07) is 3.06. The maximum absolute atomic E-state index is 12.3. The van der Waals surface area contributed by atoms with Crippen LogP contribution in [0.3, 0.4) is 0 Å². The summed E-state index contributed by atoms with van der Waals surface area (Å²) in [5.41, 5.74) is 0.671. The van der Waals surface area contributed by atoms with Crippen molar-refractivity contribution in [3.05, 3.63) is 34.4 Å². The number of aliphatic hydroxyl groups excluding tert-OH is 2. The Hall–Kier alpha value is -1.22. The largest absolute Gasteiger partial charge is 0.545 e. The Labute approximate surface area is 238 Å². The Balaban J connectivity index is 3.18. The third-order valence-corrected chi connectivity index (χ3v) is 9.84. The lowest BCUT2D eigenvalue weighted by atomic mass is 9.90. The molecule has 218 valence electrons. The molecule has 1 aromatic rings. The Morgan fingerprint density at radius 1 is 0.737 bits per heavy atom. The van der Waals surface area contributed by atoms with Crippen LogP contribution in [0.25, 0.3) is 0 Å². The molecule has 0 saturated carbocycles. The summed E-state index contributed by atoms with van der Waals surface area (Å²) in [6.45, 7) is 8.25. The monoisotopic (exact) mass is 568 g/mol. The van der Waals surface area contributed by atoms with Crippen molar-refractivity contribution in [3.63, 3.8) is 0 Å². The van der Waals surface area contributed by atoms with Gasteiger partial charge in [-0.15, -0.1) is 0 Å². The van der Waals surface area contributed by atoms with Crippen molar-refractivity contribution in [2.45, 2.75) is 127 Å². The summed E-state index contributed by atoms with van der Waals surface area (Å²) < 4.78 is 0. The number of carbonyl (C=O) groups excluding carboxylic acids is 2. The lowest BCUT2D eigenvalue weighted by Crippen LogP contribution is -2.32. The van der Waals surface area contributed by atoms with Crippen LogP contribution in [0.4, 0.5) is 0 Å². The second-order valence-corrected chi connectivity index (χ2v) is 12.6. The van der Waals surface area contributed by atoms with Crippen molar-refractivity contribution in [1.82, 2.24) is 0 Å². The van der Waals surface area contributed by atoms with Crippen molar-refractivity contribution in [2.75, 3.05) is 11.5 Å². The van der Waals surface area contributed by atoms with E-state index in [0.29, 0.717) is 30.6 Å². The van der Waals surface area contributed by atoms with Gasteiger partial charge >= 0.3 is 0 Å². The number of unbranched alkanes of at least 4 members (excludes halogenated alkanes) is 4. The van der Waals surface area contributed by atoms with E-state index in [-0.39, 0.29) is 27.7 Å². The van der Waals surface area contributed by atoms with Crippen LogP contribution in [0.1, 0.15) is 147 Å². The number of carboxylic acid groups (broad SMARTS) is 2. The van der Waals surface area contributed by atoms with Crippen LogP contribution in [0.5, 0.6) is 0 Å². The number of rotatable bonds is 22. The minimum atomic E-state index is -1.53. The highest BCUT2D eigenvalue weighted by atomic mass is 32.2. The Kier molecular flexibility index (Phi) is 18.1. The van der Waals surface area contributed by atoms with Gasteiger partial charge in [0.2, 0.25) is 0 Å². The Morgan fingerprint density at radius 3 is 1.66 bits per heavy atom. The molecule has 38 heavy (non-hydrogen) atoms. The molecule has 6 nitrogen and oxygen atoms in total. The molecule has 0 spiro atoms. The lowest BCUT2D eigenvalue weighted by molar-refractivity contribution is -0.259. The fourth-order valence-electron chi connectivity index (χ4n) is 4.73. The van der Waals surface area contributed by atoms with Crippen molar-refractivity contribution < 1.29 is 30.0 Å². The van der Waals surface area contributed by atoms with Gasteiger partial charge in [0.25, 0.3) is 0 Å². The van der Waals surface area contributed by atoms with Gasteiger partial charge in [-0.05, 0) is 61.2 Å². The molecule has 1 rings (SSSR count). The molecule has 0 aliphatic carbocycles. The van der Waals surface area contributed by atoms with Crippen molar-refractivity contribution in [2.24, 2.45) is 0 Å². The van der Waals surface area contributed by atoms with Gasteiger partial charge in [-0.3, -0.25) is 0 Å². The van der Waals surface area contributed by atoms with Crippen LogP contribution in [0, 0.1) is 0 Å². The summed E-state index contributed by atoms with van der Waals surface area (Å²) in [7, 11) is 0. The van der Waals surface area contributed by atoms with Crippen molar-refractivity contribution >= 4 is 35.5 Å². The quantitative estimate of drug-likeness (QED) is 0.177. The number of hydrogen-bond donors (Lipinski definition) is 2. The van der Waals surface area contributed by atoms with Crippen molar-refractivity contribution in [3.8, 4) is 0 Å². The molecule has 0 radical (unpaired) electrons. The van der Waals surface area contributed by atoms with Crippen LogP contribution in [-0.4, -0.2) is 45.9 Å². The number of carboxylic acids is 2. The van der Waals surface area contributed by atoms with E-state index in [2.05, 4.69) is 13.8 Å². The molecule has 0 saturated heterocycles. The zero-order valence-electron chi connectivity index (χ0n) is 23.7. The van der Waals surface area contributed by atoms with E-state index in [1.807, 2.05) is 13.8 Å². The van der Waals surface area contributed by atoms with E-state index >= 15 is 0 Å². The summed E-state index contributed by atoms with van der Waals surface area (Å²) in [5.74, 6) is -1.67. The smallest absolute Gasteiger partial charge is 0.0725 e. The first-order valence-electron chi connectivity index (χ1n) is 14.4. The maximum atomic E-state index is 12.3. The van der Waals surface area contributed by atoms with E-state index in [1.165, 1.54) is 6.07 Å². The molecule has 1 aromatic carbocycles. The topological polar surface area (TPSA) is 121 Å². The summed E-state index contributed by atoms with van der Waals surface area (Å²) in [4.78, 5) is 24.1. The molecule has 0 heterocycles. The Bertz CT molecular complexity index is 831. The van der Waals surface area contributed by atoms with Crippen molar-refractivity contribution in [1.29, 1.82) is 0 Å². The highest BCUT2D eigenvalue weighted by Gasteiger charge is 2.26. The average Bonchev–Trinajstić information content (AvgIpc) is 2.88. The Morgan fingerprint density at radius 2 is 1.24 bits per heavy atom. The minimum absolute atomic E-state index is 0.0453. The minimum Gasteiger partial charge on any atom is -0.545 e. The number of aromatic carboxylic acids is 2. The molecule has 8 heteroatoms. The SMILES string of the molecule is CCCCCC(O)CCSC(CC)c1ccc(C(=O)[O-])c(C(=O)[O-])c1C(CC)SCCC(O)CCCCC. The van der Waals surface area contributed by atoms with Gasteiger partial charge < -0.3 is 30.0 Å². The third kappa shape index (κ3) is 11.9. The standard InChI is InChI=1S/C30H50O6S2/c1-5-9-11-13-21(31)17-19-37-25(7-3)23-15-16-24(29(33)34)28(30(35)36)27(23)26(8-4)38-20-18-22(32)14-12-10-6-2/h15-16,21-22,25-26,31-32H,5-14,17-20H2,1-4H3,(H,33,34)(H,35,36)/p-2. The first kappa shape index (κ1) is 34.8. The van der Waals surface area contributed by atoms with Gasteiger partial charge in [0.1, 0.15) is 0 Å². The molecular weight excluding hydrogens is 520 g/mol. The zero-order valence-corrected chi connectivity index (χ0v) is 25.3. The van der Waals surface area contributed by atoms with E-state index in [9.17, 15) is 30.0 Å². The summed E-state index contributed by atoms with van der Waals surface area (Å²) in [6.07, 6.45) is 9.76. The van der Waals surface area contributed by atoms with Gasteiger partial charge in [-0.1, -0.05) is 78.4 Å². The molecule has 4 unspecified atom stereocenters. The molecule has 4 atom stereocenters. The second-order valence-electron chi connectivity index (χ2n) is 9.98. The first-order valence-corrected chi connectivity index (χ1v) is 16.5. The number of benzene rings is 1. The van der Waals surface area contributed by atoms with E-state index < -0.39 is 18.0 Å². The molecule has 0 aliphatic heterocycles. The molecule has 0 bridgehead atoms. The highest BCUT2D eigenvalue weighted by molar-refractivity contribution is 7.99. The summed E-state index contributed by atoms with van der Waals surface area (Å²) >= 11 is 3.24. The highest BCUT2D eigenvalue weighted by Crippen LogP contribution is 2.44. The maximum Gasteiger partial charge on any atom is 0.0725 e. The zero-order chi connectivity index (χ0) is 28.5. The van der Waals surface area contributed by atoms with E-state index in [0.717, 1.165) is 69.1 Å². The molecule has 0 fully saturated rings. The predicted molar refractivity (Wildman–Crippen MR) is 156 cm³/mol. The number of carbonyl (C=O) groups is 2. The predicted octanol–water partition coefficient (Wildman–Crippen LogP) is 5.44. The third-order valence-electron chi connectivity index (χ3n) is 6.94. The number of aliphatic hydroxyl groups is 2. The van der Waals surface area contributed by atoms with Gasteiger partial charge in [-0.2, -0.15) is 23.5 Å². The van der Waals surface area contributed by atoms with Crippen LogP contribution in [0.2, 0.25) is 0 Å². The van der Waals surface area contributed by atoms with E-state index in [4.69, 9.17) is 0 Å². The van der Waals surface area contributed by atoms with Crippen LogP contribution >= 0.6 is 23.5 Å². The van der Waals surface area contributed by atoms with Crippen LogP contribution in [-0.2, 0) is 0 Å². The lowest BCUT2D eigenvalue weighted by Gasteiger charge is -2.29. The fraction of sp³-hybridized carbons (Fsp3) is 0.733. The first-order chi connectivity index (χ1) is 18.2. The normalized spacial score (nSPS) is 14.7. The van der Waals surface area contributed by atoms with Crippen LogP contribution in [0.15, 0.2) is 12.1 Å². The molecule has 0 aromatic heterocycles. The molecule has 0 aliphatic rings. The van der Waals surface area contributed by atoms with Gasteiger partial charge in [0, 0.05) is 21.6 Å². The van der Waals surface area contributed by atoms with Gasteiger partial charge in [-0.25, -0.2) is 0 Å². The van der Waals surface area contributed by atoms with Gasteiger partial charge in [0.05, 0.1) is 24.1 Å². The summed E-state index contributed by atoms with van der Waals surface area (Å²) in [5, 5.41) is 44.5.